The van der Waals surface area contributed by atoms with Gasteiger partial charge in [0.05, 0.1) is 5.52 Å². The van der Waals surface area contributed by atoms with Crippen molar-refractivity contribution in [3.05, 3.63) is 54.1 Å². The Morgan fingerprint density at radius 3 is 2.77 bits per heavy atom. The van der Waals surface area contributed by atoms with Crippen molar-refractivity contribution in [2.75, 3.05) is 19.0 Å². The van der Waals surface area contributed by atoms with Crippen LogP contribution in [0.25, 0.3) is 10.9 Å². The van der Waals surface area contributed by atoms with Crippen LogP contribution in [0.1, 0.15) is 24.8 Å². The maximum absolute atomic E-state index is 5.21. The standard InChI is InChI=1S/C21H26N4O/c1-26-13-5-12-25-20-14-16(15-22-17-9-10-17)8-11-19(20)21(24-25)23-18-6-3-2-4-7-18/h2-4,6-8,11,14,17,22H,5,9-10,12-13,15H2,1H3,(H,23,24). The van der Waals surface area contributed by atoms with Crippen LogP contribution in [0.15, 0.2) is 48.5 Å². The first kappa shape index (κ1) is 17.1. The summed E-state index contributed by atoms with van der Waals surface area (Å²) in [5.41, 5.74) is 3.54. The molecule has 1 saturated carbocycles. The van der Waals surface area contributed by atoms with Crippen LogP contribution in [0.4, 0.5) is 11.5 Å². The zero-order valence-electron chi connectivity index (χ0n) is 15.2. The van der Waals surface area contributed by atoms with Crippen molar-refractivity contribution in [3.8, 4) is 0 Å². The molecule has 1 aromatic heterocycles. The maximum Gasteiger partial charge on any atom is 0.160 e. The van der Waals surface area contributed by atoms with Crippen LogP contribution in [0.5, 0.6) is 0 Å². The van der Waals surface area contributed by atoms with Gasteiger partial charge in [0.25, 0.3) is 0 Å². The van der Waals surface area contributed by atoms with Crippen LogP contribution >= 0.6 is 0 Å². The van der Waals surface area contributed by atoms with E-state index in [1.807, 2.05) is 18.2 Å². The summed E-state index contributed by atoms with van der Waals surface area (Å²) in [6.07, 6.45) is 3.56. The number of aromatic nitrogens is 2. The Morgan fingerprint density at radius 1 is 1.15 bits per heavy atom. The highest BCUT2D eigenvalue weighted by molar-refractivity contribution is 5.92. The minimum atomic E-state index is 0.715. The first-order chi connectivity index (χ1) is 12.8. The maximum atomic E-state index is 5.21. The van der Waals surface area contributed by atoms with E-state index in [0.29, 0.717) is 6.04 Å². The summed E-state index contributed by atoms with van der Waals surface area (Å²) in [6, 6.07) is 17.6. The van der Waals surface area contributed by atoms with E-state index in [1.165, 1.54) is 23.9 Å². The van der Waals surface area contributed by atoms with Crippen molar-refractivity contribution in [1.82, 2.24) is 15.1 Å². The summed E-state index contributed by atoms with van der Waals surface area (Å²) in [7, 11) is 1.74. The number of hydrogen-bond donors (Lipinski definition) is 2. The summed E-state index contributed by atoms with van der Waals surface area (Å²) in [4.78, 5) is 0. The monoisotopic (exact) mass is 350 g/mol. The van der Waals surface area contributed by atoms with Crippen LogP contribution in [0, 0.1) is 0 Å². The van der Waals surface area contributed by atoms with Gasteiger partial charge in [-0.1, -0.05) is 24.3 Å². The second kappa shape index (κ2) is 7.89. The Kier molecular flexibility index (Phi) is 5.18. The number of ether oxygens (including phenoxy) is 1. The molecular weight excluding hydrogens is 324 g/mol. The number of nitrogens with one attached hydrogen (secondary N) is 2. The fourth-order valence-electron chi connectivity index (χ4n) is 3.16. The van der Waals surface area contributed by atoms with E-state index in [0.717, 1.165) is 43.0 Å². The van der Waals surface area contributed by atoms with Gasteiger partial charge in [-0.2, -0.15) is 5.10 Å². The minimum absolute atomic E-state index is 0.715. The highest BCUT2D eigenvalue weighted by Crippen LogP contribution is 2.27. The summed E-state index contributed by atoms with van der Waals surface area (Å²) >= 11 is 0. The molecule has 1 aliphatic carbocycles. The molecular formula is C21H26N4O. The molecule has 0 atom stereocenters. The first-order valence-electron chi connectivity index (χ1n) is 9.37. The molecule has 26 heavy (non-hydrogen) atoms. The van der Waals surface area contributed by atoms with Gasteiger partial charge in [0.1, 0.15) is 0 Å². The van der Waals surface area contributed by atoms with Gasteiger partial charge in [0.2, 0.25) is 0 Å². The third kappa shape index (κ3) is 4.06. The largest absolute Gasteiger partial charge is 0.385 e. The molecule has 4 rings (SSSR count). The summed E-state index contributed by atoms with van der Waals surface area (Å²) in [5.74, 6) is 0.908. The molecule has 0 saturated heterocycles. The number of nitrogens with zero attached hydrogens (tertiary/aromatic N) is 2. The fraction of sp³-hybridized carbons (Fsp3) is 0.381. The van der Waals surface area contributed by atoms with Gasteiger partial charge in [-0.15, -0.1) is 0 Å². The molecule has 0 amide bonds. The molecule has 0 radical (unpaired) electrons. The molecule has 0 spiro atoms. The lowest BCUT2D eigenvalue weighted by molar-refractivity contribution is 0.189. The highest BCUT2D eigenvalue weighted by atomic mass is 16.5. The summed E-state index contributed by atoms with van der Waals surface area (Å²) in [5, 5.41) is 13.0. The van der Waals surface area contributed by atoms with E-state index in [-0.39, 0.29) is 0 Å². The smallest absolute Gasteiger partial charge is 0.160 e. The first-order valence-corrected chi connectivity index (χ1v) is 9.37. The quantitative estimate of drug-likeness (QED) is 0.571. The number of anilines is 2. The minimum Gasteiger partial charge on any atom is -0.385 e. The van der Waals surface area contributed by atoms with Gasteiger partial charge in [-0.3, -0.25) is 4.68 Å². The zero-order valence-corrected chi connectivity index (χ0v) is 15.2. The number of fused-ring (bicyclic) bond motifs is 1. The lowest BCUT2D eigenvalue weighted by Crippen LogP contribution is -2.15. The molecule has 3 aromatic rings. The molecule has 1 heterocycles. The van der Waals surface area contributed by atoms with Crippen LogP contribution in [0.3, 0.4) is 0 Å². The number of hydrogen-bond acceptors (Lipinski definition) is 4. The summed E-state index contributed by atoms with van der Waals surface area (Å²) in [6.45, 7) is 2.51. The Bertz CT molecular complexity index is 855. The van der Waals surface area contributed by atoms with Crippen LogP contribution in [0.2, 0.25) is 0 Å². The van der Waals surface area contributed by atoms with E-state index >= 15 is 0 Å². The topological polar surface area (TPSA) is 51.1 Å². The molecule has 2 aromatic carbocycles. The SMILES string of the molecule is COCCCn1nc(Nc2ccccc2)c2ccc(CNC3CC3)cc21. The molecule has 5 nitrogen and oxygen atoms in total. The van der Waals surface area contributed by atoms with E-state index in [4.69, 9.17) is 9.84 Å². The Balaban J connectivity index is 1.62. The summed E-state index contributed by atoms with van der Waals surface area (Å²) < 4.78 is 7.30. The average molecular weight is 350 g/mol. The van der Waals surface area contributed by atoms with Crippen LogP contribution in [-0.4, -0.2) is 29.5 Å². The lowest BCUT2D eigenvalue weighted by Gasteiger charge is -2.06. The fourth-order valence-corrected chi connectivity index (χ4v) is 3.16. The van der Waals surface area contributed by atoms with Gasteiger partial charge in [0, 0.05) is 43.9 Å². The molecule has 5 heteroatoms. The van der Waals surface area contributed by atoms with Crippen molar-refractivity contribution >= 4 is 22.4 Å². The molecule has 1 fully saturated rings. The Morgan fingerprint density at radius 2 is 2.00 bits per heavy atom. The van der Waals surface area contributed by atoms with Crippen LogP contribution < -0.4 is 10.6 Å². The second-order valence-corrected chi connectivity index (χ2v) is 6.92. The predicted octanol–water partition coefficient (Wildman–Crippen LogP) is 4.07. The van der Waals surface area contributed by atoms with E-state index in [1.54, 1.807) is 7.11 Å². The highest BCUT2D eigenvalue weighted by Gasteiger charge is 2.20. The zero-order chi connectivity index (χ0) is 17.8. The van der Waals surface area contributed by atoms with Crippen molar-refractivity contribution in [2.24, 2.45) is 0 Å². The van der Waals surface area contributed by atoms with Gasteiger partial charge < -0.3 is 15.4 Å². The van der Waals surface area contributed by atoms with Crippen molar-refractivity contribution in [2.45, 2.75) is 38.4 Å². The van der Waals surface area contributed by atoms with Gasteiger partial charge >= 0.3 is 0 Å². The normalized spacial score (nSPS) is 14.0. The molecule has 0 bridgehead atoms. The molecule has 1 aliphatic rings. The third-order valence-electron chi connectivity index (χ3n) is 4.74. The lowest BCUT2D eigenvalue weighted by atomic mass is 10.1. The van der Waals surface area contributed by atoms with E-state index < -0.39 is 0 Å². The van der Waals surface area contributed by atoms with Gasteiger partial charge in [-0.25, -0.2) is 0 Å². The average Bonchev–Trinajstić information content (AvgIpc) is 3.45. The van der Waals surface area contributed by atoms with E-state index in [2.05, 4.69) is 45.6 Å². The Labute approximate surface area is 154 Å². The van der Waals surface area contributed by atoms with Gasteiger partial charge in [-0.05, 0) is 49.1 Å². The van der Waals surface area contributed by atoms with Crippen molar-refractivity contribution in [3.63, 3.8) is 0 Å². The van der Waals surface area contributed by atoms with Gasteiger partial charge in [0.15, 0.2) is 5.82 Å². The van der Waals surface area contributed by atoms with Crippen molar-refractivity contribution in [1.29, 1.82) is 0 Å². The number of methoxy groups -OCH3 is 1. The second-order valence-electron chi connectivity index (χ2n) is 6.92. The predicted molar refractivity (Wildman–Crippen MR) is 106 cm³/mol. The number of aryl methyl sites for hydroxylation is 1. The van der Waals surface area contributed by atoms with Crippen LogP contribution in [-0.2, 0) is 17.8 Å². The van der Waals surface area contributed by atoms with Crippen molar-refractivity contribution < 1.29 is 4.74 Å². The molecule has 0 aliphatic heterocycles. The van der Waals surface area contributed by atoms with E-state index in [9.17, 15) is 0 Å². The molecule has 0 unspecified atom stereocenters. The number of rotatable bonds is 9. The molecule has 2 N–H and O–H groups in total. The Hall–Kier alpha value is -2.37. The number of para-hydroxylation sites is 1. The third-order valence-corrected chi connectivity index (χ3v) is 4.74. The number of benzene rings is 2. The molecule has 136 valence electrons.